The van der Waals surface area contributed by atoms with E-state index in [1.54, 1.807) is 11.8 Å². The highest BCUT2D eigenvalue weighted by atomic mass is 16.5. The van der Waals surface area contributed by atoms with E-state index >= 15 is 0 Å². The number of hydrogen-bond donors (Lipinski definition) is 1. The van der Waals surface area contributed by atoms with Crippen LogP contribution in [0.1, 0.15) is 24.9 Å². The summed E-state index contributed by atoms with van der Waals surface area (Å²) < 4.78 is 5.41. The van der Waals surface area contributed by atoms with Gasteiger partial charge in [-0.15, -0.1) is 0 Å². The topological polar surface area (TPSA) is 58.6 Å². The summed E-state index contributed by atoms with van der Waals surface area (Å²) in [4.78, 5) is 27.2. The summed E-state index contributed by atoms with van der Waals surface area (Å²) in [6, 6.07) is 8.99. The van der Waals surface area contributed by atoms with Crippen LogP contribution in [0, 0.1) is 11.3 Å². The molecule has 23 heavy (non-hydrogen) atoms. The Morgan fingerprint density at radius 1 is 1.43 bits per heavy atom. The van der Waals surface area contributed by atoms with Crippen molar-refractivity contribution < 1.29 is 14.3 Å². The van der Waals surface area contributed by atoms with Crippen molar-refractivity contribution in [3.05, 3.63) is 48.0 Å². The van der Waals surface area contributed by atoms with Gasteiger partial charge in [-0.1, -0.05) is 42.5 Å². The molecule has 3 fully saturated rings. The second kappa shape index (κ2) is 4.85. The van der Waals surface area contributed by atoms with Gasteiger partial charge in [0.15, 0.2) is 0 Å². The molecule has 2 aliphatic heterocycles. The lowest BCUT2D eigenvalue weighted by molar-refractivity contribution is -0.167. The van der Waals surface area contributed by atoms with E-state index in [1.807, 2.05) is 30.3 Å². The molecule has 120 valence electrons. The third kappa shape index (κ3) is 1.62. The largest absolute Gasteiger partial charge is 0.465 e. The maximum atomic E-state index is 12.9. The minimum absolute atomic E-state index is 0.0984. The lowest BCUT2D eigenvalue weighted by Gasteiger charge is -2.60. The van der Waals surface area contributed by atoms with E-state index in [2.05, 4.69) is 11.9 Å². The Kier molecular flexibility index (Phi) is 3.01. The Morgan fingerprint density at radius 3 is 2.87 bits per heavy atom. The zero-order chi connectivity index (χ0) is 16.2. The first-order valence-corrected chi connectivity index (χ1v) is 8.11. The van der Waals surface area contributed by atoms with Crippen molar-refractivity contribution in [2.75, 3.05) is 13.2 Å². The van der Waals surface area contributed by atoms with Crippen LogP contribution >= 0.6 is 0 Å². The molecule has 1 aromatic rings. The number of nitrogens with zero attached hydrogens (tertiary/aromatic N) is 1. The zero-order valence-electron chi connectivity index (χ0n) is 13.1. The number of nitrogens with one attached hydrogen (secondary N) is 1. The van der Waals surface area contributed by atoms with E-state index in [0.29, 0.717) is 13.2 Å². The van der Waals surface area contributed by atoms with Crippen LogP contribution in [0.2, 0.25) is 0 Å². The van der Waals surface area contributed by atoms with Crippen molar-refractivity contribution in [3.63, 3.8) is 0 Å². The van der Waals surface area contributed by atoms with E-state index < -0.39 is 11.5 Å². The lowest BCUT2D eigenvalue weighted by atomic mass is 9.50. The van der Waals surface area contributed by atoms with Gasteiger partial charge in [0, 0.05) is 12.5 Å². The van der Waals surface area contributed by atoms with E-state index in [1.165, 1.54) is 0 Å². The van der Waals surface area contributed by atoms with Crippen LogP contribution in [-0.4, -0.2) is 36.1 Å². The van der Waals surface area contributed by atoms with Gasteiger partial charge in [0.05, 0.1) is 18.7 Å². The summed E-state index contributed by atoms with van der Waals surface area (Å²) in [5, 5.41) is 3.03. The molecular weight excluding hydrogens is 292 g/mol. The fourth-order valence-corrected chi connectivity index (χ4v) is 4.64. The first-order chi connectivity index (χ1) is 11.1. The van der Waals surface area contributed by atoms with Crippen molar-refractivity contribution in [2.24, 2.45) is 11.3 Å². The minimum atomic E-state index is -0.869. The lowest BCUT2D eigenvalue weighted by Crippen LogP contribution is -2.73. The molecule has 3 aliphatic rings. The van der Waals surface area contributed by atoms with E-state index in [0.717, 1.165) is 17.6 Å². The van der Waals surface area contributed by atoms with Gasteiger partial charge in [0.25, 0.3) is 0 Å². The van der Waals surface area contributed by atoms with Crippen LogP contribution in [0.3, 0.4) is 0 Å². The van der Waals surface area contributed by atoms with Gasteiger partial charge in [-0.05, 0) is 18.9 Å². The molecule has 0 aromatic heterocycles. The van der Waals surface area contributed by atoms with Gasteiger partial charge in [-0.3, -0.25) is 4.79 Å². The standard InChI is InChI=1S/C18H20N2O3/c1-3-23-16(21)18-11(2)13-9-10-20(15(13)18)17(22)19-14(18)12-7-5-4-6-8-12/h4-8,13-15H,2-3,9-10H2,1H3,(H,19,22)/t13-,14-,15?,18+/m0/s1. The van der Waals surface area contributed by atoms with Crippen LogP contribution in [0.5, 0.6) is 0 Å². The smallest absolute Gasteiger partial charge is 0.320 e. The van der Waals surface area contributed by atoms with Gasteiger partial charge in [0.1, 0.15) is 5.41 Å². The molecule has 5 nitrogen and oxygen atoms in total. The van der Waals surface area contributed by atoms with E-state index in [-0.39, 0.29) is 24.0 Å². The van der Waals surface area contributed by atoms with Crippen molar-refractivity contribution in [2.45, 2.75) is 25.4 Å². The molecule has 2 heterocycles. The van der Waals surface area contributed by atoms with Gasteiger partial charge in [0.2, 0.25) is 0 Å². The number of carbonyl (C=O) groups excluding carboxylic acids is 2. The molecule has 2 amide bonds. The molecule has 1 N–H and O–H groups in total. The minimum Gasteiger partial charge on any atom is -0.465 e. The van der Waals surface area contributed by atoms with Crippen molar-refractivity contribution in [1.82, 2.24) is 10.2 Å². The van der Waals surface area contributed by atoms with Crippen LogP contribution in [0.15, 0.2) is 42.5 Å². The maximum absolute atomic E-state index is 12.9. The van der Waals surface area contributed by atoms with Crippen molar-refractivity contribution in [3.8, 4) is 0 Å². The van der Waals surface area contributed by atoms with Gasteiger partial charge >= 0.3 is 12.0 Å². The van der Waals surface area contributed by atoms with Crippen molar-refractivity contribution in [1.29, 1.82) is 0 Å². The van der Waals surface area contributed by atoms with Crippen LogP contribution in [-0.2, 0) is 9.53 Å². The molecule has 1 unspecified atom stereocenters. The first-order valence-electron chi connectivity index (χ1n) is 8.11. The quantitative estimate of drug-likeness (QED) is 0.688. The Hall–Kier alpha value is -2.30. The van der Waals surface area contributed by atoms with Crippen LogP contribution in [0.25, 0.3) is 0 Å². The number of hydrogen-bond acceptors (Lipinski definition) is 3. The second-order valence-corrected chi connectivity index (χ2v) is 6.44. The number of esters is 1. The summed E-state index contributed by atoms with van der Waals surface area (Å²) in [6.45, 7) is 7.02. The summed E-state index contributed by atoms with van der Waals surface area (Å²) in [7, 11) is 0. The number of ether oxygens (including phenoxy) is 1. The monoisotopic (exact) mass is 312 g/mol. The Balaban J connectivity index is 1.85. The molecule has 5 heteroatoms. The summed E-state index contributed by atoms with van der Waals surface area (Å²) in [5.74, 6) is -0.0660. The van der Waals surface area contributed by atoms with E-state index in [4.69, 9.17) is 4.74 Å². The normalized spacial score (nSPS) is 34.5. The molecule has 1 aromatic carbocycles. The predicted molar refractivity (Wildman–Crippen MR) is 84.5 cm³/mol. The van der Waals surface area contributed by atoms with Crippen LogP contribution in [0.4, 0.5) is 4.79 Å². The average molecular weight is 312 g/mol. The number of urea groups is 1. The molecule has 2 saturated heterocycles. The Labute approximate surface area is 135 Å². The summed E-state index contributed by atoms with van der Waals surface area (Å²) >= 11 is 0. The molecular formula is C18H20N2O3. The molecule has 0 spiro atoms. The maximum Gasteiger partial charge on any atom is 0.320 e. The predicted octanol–water partition coefficient (Wildman–Crippen LogP) is 2.26. The summed E-state index contributed by atoms with van der Waals surface area (Å²) in [6.07, 6.45) is 0.875. The number of amides is 2. The number of benzene rings is 1. The Bertz CT molecular complexity index is 687. The Morgan fingerprint density at radius 2 is 2.17 bits per heavy atom. The molecule has 4 rings (SSSR count). The molecule has 1 aliphatic carbocycles. The zero-order valence-corrected chi connectivity index (χ0v) is 13.1. The third-order valence-electron chi connectivity index (χ3n) is 5.57. The number of carbonyl (C=O) groups is 2. The molecule has 0 bridgehead atoms. The van der Waals surface area contributed by atoms with E-state index in [9.17, 15) is 9.59 Å². The van der Waals surface area contributed by atoms with Gasteiger partial charge in [-0.2, -0.15) is 0 Å². The molecule has 4 atom stereocenters. The van der Waals surface area contributed by atoms with Crippen LogP contribution < -0.4 is 5.32 Å². The van der Waals surface area contributed by atoms with Gasteiger partial charge < -0.3 is 15.0 Å². The molecule has 0 radical (unpaired) electrons. The van der Waals surface area contributed by atoms with Gasteiger partial charge in [-0.25, -0.2) is 4.79 Å². The highest BCUT2D eigenvalue weighted by molar-refractivity contribution is 5.91. The fourth-order valence-electron chi connectivity index (χ4n) is 4.64. The fraction of sp³-hybridized carbons (Fsp3) is 0.444. The highest BCUT2D eigenvalue weighted by Gasteiger charge is 2.73. The SMILES string of the molecule is C=C1[C@@H]2CCN3C(=O)N[C@@H](c4ccccc4)[C@@]1(C(=O)OCC)C23. The second-order valence-electron chi connectivity index (χ2n) is 6.44. The third-order valence-corrected chi connectivity index (χ3v) is 5.57. The highest BCUT2D eigenvalue weighted by Crippen LogP contribution is 2.64. The number of rotatable bonds is 3. The first kappa shape index (κ1) is 14.3. The summed E-state index contributed by atoms with van der Waals surface area (Å²) in [5.41, 5.74) is 0.948. The average Bonchev–Trinajstić information content (AvgIpc) is 2.99. The van der Waals surface area contributed by atoms with Crippen molar-refractivity contribution >= 4 is 12.0 Å². The molecule has 1 saturated carbocycles.